The maximum Gasteiger partial charge on any atom is 0.142 e. The van der Waals surface area contributed by atoms with Crippen molar-refractivity contribution in [3.05, 3.63) is 33.6 Å². The molecule has 0 saturated heterocycles. The summed E-state index contributed by atoms with van der Waals surface area (Å²) in [5.74, 6) is 0.319. The summed E-state index contributed by atoms with van der Waals surface area (Å²) >= 11 is 12.1. The minimum atomic E-state index is -0.422. The van der Waals surface area contributed by atoms with Gasteiger partial charge in [0.2, 0.25) is 0 Å². The van der Waals surface area contributed by atoms with E-state index >= 15 is 0 Å². The summed E-state index contributed by atoms with van der Waals surface area (Å²) in [6.45, 7) is 7.29. The van der Waals surface area contributed by atoms with Gasteiger partial charge < -0.3 is 5.32 Å². The molecule has 1 rings (SSSR count). The largest absolute Gasteiger partial charge is 0.310 e. The van der Waals surface area contributed by atoms with Crippen molar-refractivity contribution in [2.75, 3.05) is 6.54 Å². The normalized spacial score (nSPS) is 13.0. The van der Waals surface area contributed by atoms with Crippen LogP contribution in [0.4, 0.5) is 4.39 Å². The highest BCUT2D eigenvalue weighted by molar-refractivity contribution is 6.36. The summed E-state index contributed by atoms with van der Waals surface area (Å²) in [4.78, 5) is 0. The molecule has 108 valence electrons. The molecule has 0 fully saturated rings. The highest BCUT2D eigenvalue weighted by Gasteiger charge is 2.16. The zero-order valence-corrected chi connectivity index (χ0v) is 13.3. The molecule has 0 aliphatic rings. The highest BCUT2D eigenvalue weighted by atomic mass is 35.5. The van der Waals surface area contributed by atoms with Crippen LogP contribution in [0.1, 0.15) is 51.6 Å². The summed E-state index contributed by atoms with van der Waals surface area (Å²) in [5, 5.41) is 3.97. The summed E-state index contributed by atoms with van der Waals surface area (Å²) in [6, 6.07) is 2.80. The van der Waals surface area contributed by atoms with Crippen LogP contribution in [0.5, 0.6) is 0 Å². The van der Waals surface area contributed by atoms with Crippen molar-refractivity contribution >= 4 is 23.2 Å². The second-order valence-corrected chi connectivity index (χ2v) is 6.11. The summed E-state index contributed by atoms with van der Waals surface area (Å²) < 4.78 is 13.4. The molecule has 0 aliphatic heterocycles. The lowest BCUT2D eigenvalue weighted by molar-refractivity contribution is 0.497. The minimum absolute atomic E-state index is 0.0465. The molecule has 1 aromatic carbocycles. The molecule has 1 atom stereocenters. The molecule has 0 radical (unpaired) electrons. The second kappa shape index (κ2) is 8.08. The van der Waals surface area contributed by atoms with E-state index in [0.717, 1.165) is 18.9 Å². The lowest BCUT2D eigenvalue weighted by Crippen LogP contribution is -2.20. The third kappa shape index (κ3) is 5.29. The van der Waals surface area contributed by atoms with Crippen LogP contribution in [0.2, 0.25) is 10.0 Å². The predicted molar refractivity (Wildman–Crippen MR) is 81.5 cm³/mol. The Labute approximate surface area is 125 Å². The van der Waals surface area contributed by atoms with Gasteiger partial charge in [-0.1, -0.05) is 49.9 Å². The van der Waals surface area contributed by atoms with Crippen molar-refractivity contribution in [3.63, 3.8) is 0 Å². The van der Waals surface area contributed by atoms with Crippen molar-refractivity contribution in [1.29, 1.82) is 0 Å². The lowest BCUT2D eigenvalue weighted by atomic mass is 10.1. The van der Waals surface area contributed by atoms with Gasteiger partial charge in [-0.05, 0) is 37.9 Å². The van der Waals surface area contributed by atoms with Gasteiger partial charge >= 0.3 is 0 Å². The number of nitrogens with one attached hydrogen (secondary N) is 1. The molecule has 0 saturated carbocycles. The van der Waals surface area contributed by atoms with Gasteiger partial charge in [0, 0.05) is 16.6 Å². The van der Waals surface area contributed by atoms with Gasteiger partial charge in [-0.15, -0.1) is 0 Å². The molecule has 1 nitrogen and oxygen atoms in total. The molecule has 0 amide bonds. The van der Waals surface area contributed by atoms with Gasteiger partial charge in [0.05, 0.1) is 5.02 Å². The van der Waals surface area contributed by atoms with E-state index in [1.807, 2.05) is 6.92 Å². The van der Waals surface area contributed by atoms with Crippen LogP contribution in [0.15, 0.2) is 12.1 Å². The third-order valence-corrected chi connectivity index (χ3v) is 3.88. The van der Waals surface area contributed by atoms with Crippen LogP contribution in [0, 0.1) is 11.7 Å². The third-order valence-electron chi connectivity index (χ3n) is 3.17. The van der Waals surface area contributed by atoms with Gasteiger partial charge in [-0.25, -0.2) is 4.39 Å². The smallest absolute Gasteiger partial charge is 0.142 e. The minimum Gasteiger partial charge on any atom is -0.310 e. The first kappa shape index (κ1) is 16.7. The predicted octanol–water partition coefficient (Wildman–Crippen LogP) is 5.61. The first-order valence-corrected chi connectivity index (χ1v) is 7.55. The van der Waals surface area contributed by atoms with Crippen LogP contribution < -0.4 is 5.32 Å². The van der Waals surface area contributed by atoms with E-state index in [0.29, 0.717) is 10.6 Å². The fourth-order valence-electron chi connectivity index (χ4n) is 2.04. The number of halogens is 3. The van der Waals surface area contributed by atoms with E-state index in [4.69, 9.17) is 23.2 Å². The van der Waals surface area contributed by atoms with Gasteiger partial charge in [0.1, 0.15) is 5.82 Å². The number of rotatable bonds is 7. The average molecular weight is 306 g/mol. The Morgan fingerprint density at radius 1 is 1.16 bits per heavy atom. The molecule has 0 spiro atoms. The van der Waals surface area contributed by atoms with Crippen LogP contribution in [-0.4, -0.2) is 6.54 Å². The number of unbranched alkanes of at least 4 members (excludes halogenated alkanes) is 1. The molecular weight excluding hydrogens is 284 g/mol. The van der Waals surface area contributed by atoms with Crippen molar-refractivity contribution in [2.45, 2.75) is 46.1 Å². The van der Waals surface area contributed by atoms with Gasteiger partial charge in [0.15, 0.2) is 0 Å². The monoisotopic (exact) mass is 305 g/mol. The fourth-order valence-corrected chi connectivity index (χ4v) is 2.74. The standard InChI is InChI=1S/C15H22Cl2FN/c1-10(2)6-4-5-9-19-11(3)14-12(16)7-8-13(18)15(14)17/h7-8,10-11,19H,4-6,9H2,1-3H3. The Bertz CT molecular complexity index is 407. The van der Waals surface area contributed by atoms with Gasteiger partial charge in [0.25, 0.3) is 0 Å². The Hall–Kier alpha value is -0.310. The van der Waals surface area contributed by atoms with Crippen LogP contribution in [0.25, 0.3) is 0 Å². The molecule has 1 aromatic rings. The maximum atomic E-state index is 13.4. The zero-order valence-electron chi connectivity index (χ0n) is 11.8. The second-order valence-electron chi connectivity index (χ2n) is 5.32. The molecule has 1 unspecified atom stereocenters. The zero-order chi connectivity index (χ0) is 14.4. The highest BCUT2D eigenvalue weighted by Crippen LogP contribution is 2.32. The molecule has 0 heterocycles. The van der Waals surface area contributed by atoms with Crippen LogP contribution in [-0.2, 0) is 0 Å². The molecule has 0 bridgehead atoms. The Morgan fingerprint density at radius 3 is 2.47 bits per heavy atom. The van der Waals surface area contributed by atoms with Crippen molar-refractivity contribution in [2.24, 2.45) is 5.92 Å². The van der Waals surface area contributed by atoms with E-state index < -0.39 is 5.82 Å². The quantitative estimate of drug-likeness (QED) is 0.510. The SMILES string of the molecule is CC(C)CCCCNC(C)c1c(Cl)ccc(F)c1Cl. The van der Waals surface area contributed by atoms with E-state index in [-0.39, 0.29) is 11.1 Å². The summed E-state index contributed by atoms with van der Waals surface area (Å²) in [5.41, 5.74) is 0.646. The van der Waals surface area contributed by atoms with Gasteiger partial charge in [-0.2, -0.15) is 0 Å². The Kier molecular flexibility index (Phi) is 7.12. The molecule has 0 aromatic heterocycles. The maximum absolute atomic E-state index is 13.4. The van der Waals surface area contributed by atoms with E-state index in [1.165, 1.54) is 18.9 Å². The van der Waals surface area contributed by atoms with Crippen LogP contribution >= 0.6 is 23.2 Å². The number of hydrogen-bond donors (Lipinski definition) is 1. The van der Waals surface area contributed by atoms with Gasteiger partial charge in [-0.3, -0.25) is 0 Å². The van der Waals surface area contributed by atoms with Crippen molar-refractivity contribution in [3.8, 4) is 0 Å². The Balaban J connectivity index is 2.50. The average Bonchev–Trinajstić information content (AvgIpc) is 2.33. The topological polar surface area (TPSA) is 12.0 Å². The summed E-state index contributed by atoms with van der Waals surface area (Å²) in [6.07, 6.45) is 3.53. The summed E-state index contributed by atoms with van der Waals surface area (Å²) in [7, 11) is 0. The number of benzene rings is 1. The first-order valence-electron chi connectivity index (χ1n) is 6.80. The number of hydrogen-bond acceptors (Lipinski definition) is 1. The van der Waals surface area contributed by atoms with Crippen molar-refractivity contribution < 1.29 is 4.39 Å². The first-order chi connectivity index (χ1) is 8.93. The molecule has 4 heteroatoms. The molecule has 19 heavy (non-hydrogen) atoms. The lowest BCUT2D eigenvalue weighted by Gasteiger charge is -2.17. The van der Waals surface area contributed by atoms with Crippen molar-refractivity contribution in [1.82, 2.24) is 5.32 Å². The molecular formula is C15H22Cl2FN. The van der Waals surface area contributed by atoms with E-state index in [2.05, 4.69) is 19.2 Å². The van der Waals surface area contributed by atoms with E-state index in [1.54, 1.807) is 6.07 Å². The van der Waals surface area contributed by atoms with E-state index in [9.17, 15) is 4.39 Å². The molecule has 1 N–H and O–H groups in total. The Morgan fingerprint density at radius 2 is 1.84 bits per heavy atom. The van der Waals surface area contributed by atoms with Crippen LogP contribution in [0.3, 0.4) is 0 Å². The fraction of sp³-hybridized carbons (Fsp3) is 0.600. The molecule has 0 aliphatic carbocycles.